The first-order valence-corrected chi connectivity index (χ1v) is 7.20. The zero-order valence-corrected chi connectivity index (χ0v) is 11.3. The van der Waals surface area contributed by atoms with Gasteiger partial charge in [-0.05, 0) is 13.8 Å². The van der Waals surface area contributed by atoms with Gasteiger partial charge in [-0.25, -0.2) is 4.98 Å². The molecule has 0 aromatic carbocycles. The van der Waals surface area contributed by atoms with Crippen LogP contribution in [0.25, 0.3) is 0 Å². The minimum absolute atomic E-state index is 0.0794. The van der Waals surface area contributed by atoms with Gasteiger partial charge >= 0.3 is 0 Å². The smallest absolute Gasteiger partial charge is 0.139 e. The number of hydrogen-bond acceptors (Lipinski definition) is 6. The Balaban J connectivity index is 1.89. The summed E-state index contributed by atoms with van der Waals surface area (Å²) in [4.78, 5) is 4.54. The number of aromatic amines is 1. The highest BCUT2D eigenvalue weighted by Crippen LogP contribution is 2.25. The molecule has 0 saturated heterocycles. The van der Waals surface area contributed by atoms with Crippen molar-refractivity contribution in [2.24, 2.45) is 0 Å². The molecule has 5 nitrogen and oxygen atoms in total. The minimum atomic E-state index is 0.0794. The lowest BCUT2D eigenvalue weighted by molar-refractivity contribution is 0.0761. The number of thioether (sulfide) groups is 1. The monoisotopic (exact) mass is 270 g/mol. The van der Waals surface area contributed by atoms with Crippen LogP contribution in [-0.2, 0) is 10.5 Å². The number of aromatic nitrogens is 4. The van der Waals surface area contributed by atoms with Crippen molar-refractivity contribution in [1.82, 2.24) is 20.4 Å². The molecule has 0 aliphatic heterocycles. The summed E-state index contributed by atoms with van der Waals surface area (Å²) in [7, 11) is 0. The molecule has 7 heteroatoms. The minimum Gasteiger partial charge on any atom is -0.372 e. The Labute approximate surface area is 108 Å². The number of thiazole rings is 1. The van der Waals surface area contributed by atoms with E-state index in [0.717, 1.165) is 21.5 Å². The van der Waals surface area contributed by atoms with E-state index < -0.39 is 0 Å². The molecular formula is C10H14N4OS2. The van der Waals surface area contributed by atoms with Gasteiger partial charge in [0.1, 0.15) is 16.1 Å². The fourth-order valence-corrected chi connectivity index (χ4v) is 2.91. The molecule has 17 heavy (non-hydrogen) atoms. The van der Waals surface area contributed by atoms with Crippen LogP contribution in [0.4, 0.5) is 0 Å². The van der Waals surface area contributed by atoms with Crippen molar-refractivity contribution < 1.29 is 4.74 Å². The van der Waals surface area contributed by atoms with E-state index in [1.807, 2.05) is 13.8 Å². The van der Waals surface area contributed by atoms with E-state index in [1.165, 1.54) is 0 Å². The Bertz CT molecular complexity index is 443. The number of ether oxygens (including phenoxy) is 1. The molecule has 1 N–H and O–H groups in total. The van der Waals surface area contributed by atoms with Crippen LogP contribution >= 0.6 is 23.1 Å². The van der Waals surface area contributed by atoms with Crippen molar-refractivity contribution >= 4 is 23.1 Å². The van der Waals surface area contributed by atoms with Gasteiger partial charge in [-0.1, -0.05) is 11.8 Å². The van der Waals surface area contributed by atoms with E-state index in [-0.39, 0.29) is 6.10 Å². The van der Waals surface area contributed by atoms with Gasteiger partial charge in [-0.2, -0.15) is 10.3 Å². The van der Waals surface area contributed by atoms with Gasteiger partial charge in [0.25, 0.3) is 0 Å². The van der Waals surface area contributed by atoms with Crippen LogP contribution in [-0.4, -0.2) is 27.0 Å². The Hall–Kier alpha value is -0.920. The highest BCUT2D eigenvalue weighted by Gasteiger charge is 2.10. The number of nitrogens with one attached hydrogen (secondary N) is 1. The van der Waals surface area contributed by atoms with Crippen LogP contribution in [0, 0.1) is 0 Å². The summed E-state index contributed by atoms with van der Waals surface area (Å²) in [5.74, 6) is 0.807. The normalized spacial score (nSPS) is 12.8. The molecule has 0 unspecified atom stereocenters. The van der Waals surface area contributed by atoms with Crippen LogP contribution < -0.4 is 0 Å². The molecule has 0 spiro atoms. The largest absolute Gasteiger partial charge is 0.372 e. The highest BCUT2D eigenvalue weighted by molar-refractivity contribution is 7.98. The topological polar surface area (TPSA) is 63.7 Å². The standard InChI is InChI=1S/C10H14N4OS2/c1-3-15-7(2)10-12-8(6-17-10)5-16-9-4-11-14-13-9/h4,6-7H,3,5H2,1-2H3,(H,11,13,14)/t7-/m1/s1. The SMILES string of the molecule is CCO[C@H](C)c1nc(CSc2cn[nH]n2)cs1. The molecule has 0 aliphatic rings. The molecular weight excluding hydrogens is 256 g/mol. The summed E-state index contributed by atoms with van der Waals surface area (Å²) in [6.07, 6.45) is 1.79. The predicted octanol–water partition coefficient (Wildman–Crippen LogP) is 2.65. The average Bonchev–Trinajstić information content (AvgIpc) is 2.98. The number of nitrogens with zero attached hydrogens (tertiary/aromatic N) is 3. The Morgan fingerprint density at radius 1 is 1.59 bits per heavy atom. The molecule has 0 aliphatic carbocycles. The maximum absolute atomic E-state index is 5.51. The third-order valence-corrected chi connectivity index (χ3v) is 4.08. The summed E-state index contributed by atoms with van der Waals surface area (Å²) >= 11 is 3.26. The van der Waals surface area contributed by atoms with Crippen molar-refractivity contribution in [2.45, 2.75) is 30.7 Å². The van der Waals surface area contributed by atoms with Gasteiger partial charge < -0.3 is 4.74 Å². The molecule has 2 aromatic heterocycles. The van der Waals surface area contributed by atoms with Gasteiger partial charge in [0.15, 0.2) is 0 Å². The lowest BCUT2D eigenvalue weighted by Gasteiger charge is -2.06. The Morgan fingerprint density at radius 2 is 2.47 bits per heavy atom. The number of rotatable bonds is 6. The Kier molecular flexibility index (Phi) is 4.52. The van der Waals surface area contributed by atoms with Crippen molar-refractivity contribution in [3.63, 3.8) is 0 Å². The second kappa shape index (κ2) is 6.13. The summed E-state index contributed by atoms with van der Waals surface area (Å²) in [5, 5.41) is 14.3. The summed E-state index contributed by atoms with van der Waals surface area (Å²) in [6.45, 7) is 4.73. The van der Waals surface area contributed by atoms with E-state index in [9.17, 15) is 0 Å². The third kappa shape index (κ3) is 3.52. The highest BCUT2D eigenvalue weighted by atomic mass is 32.2. The van der Waals surface area contributed by atoms with E-state index in [4.69, 9.17) is 4.74 Å². The van der Waals surface area contributed by atoms with Gasteiger partial charge in [-0.15, -0.1) is 16.4 Å². The van der Waals surface area contributed by atoms with Crippen LogP contribution in [0.15, 0.2) is 16.6 Å². The average molecular weight is 270 g/mol. The maximum atomic E-state index is 5.51. The first kappa shape index (κ1) is 12.5. The lowest BCUT2D eigenvalue weighted by atomic mass is 10.4. The summed E-state index contributed by atoms with van der Waals surface area (Å²) in [6, 6.07) is 0. The molecule has 0 amide bonds. The zero-order valence-electron chi connectivity index (χ0n) is 9.71. The molecule has 2 rings (SSSR count). The predicted molar refractivity (Wildman–Crippen MR) is 68.1 cm³/mol. The van der Waals surface area contributed by atoms with Gasteiger partial charge in [-0.3, -0.25) is 0 Å². The van der Waals surface area contributed by atoms with Gasteiger partial charge in [0.2, 0.25) is 0 Å². The first-order valence-electron chi connectivity index (χ1n) is 5.34. The summed E-state index contributed by atoms with van der Waals surface area (Å²) in [5.41, 5.74) is 1.06. The van der Waals surface area contributed by atoms with Gasteiger partial charge in [0, 0.05) is 17.7 Å². The second-order valence-electron chi connectivity index (χ2n) is 3.37. The zero-order chi connectivity index (χ0) is 12.1. The van der Waals surface area contributed by atoms with Crippen molar-refractivity contribution in [3.05, 3.63) is 22.3 Å². The molecule has 2 heterocycles. The molecule has 0 fully saturated rings. The molecule has 0 saturated carbocycles. The lowest BCUT2D eigenvalue weighted by Crippen LogP contribution is -1.98. The first-order chi connectivity index (χ1) is 8.29. The molecule has 0 radical (unpaired) electrons. The van der Waals surface area contributed by atoms with E-state index in [1.54, 1.807) is 29.3 Å². The molecule has 92 valence electrons. The quantitative estimate of drug-likeness (QED) is 0.818. The number of H-pyrrole nitrogens is 1. The van der Waals surface area contributed by atoms with Crippen LogP contribution in [0.2, 0.25) is 0 Å². The van der Waals surface area contributed by atoms with Crippen LogP contribution in [0.5, 0.6) is 0 Å². The number of hydrogen-bond donors (Lipinski definition) is 1. The molecule has 1 atom stereocenters. The van der Waals surface area contributed by atoms with Crippen LogP contribution in [0.3, 0.4) is 0 Å². The fourth-order valence-electron chi connectivity index (χ4n) is 1.31. The van der Waals surface area contributed by atoms with E-state index in [2.05, 4.69) is 25.8 Å². The van der Waals surface area contributed by atoms with Crippen molar-refractivity contribution in [1.29, 1.82) is 0 Å². The third-order valence-electron chi connectivity index (χ3n) is 2.09. The fraction of sp³-hybridized carbons (Fsp3) is 0.500. The Morgan fingerprint density at radius 3 is 3.18 bits per heavy atom. The maximum Gasteiger partial charge on any atom is 0.139 e. The van der Waals surface area contributed by atoms with E-state index in [0.29, 0.717) is 6.61 Å². The molecule has 2 aromatic rings. The van der Waals surface area contributed by atoms with Gasteiger partial charge in [0.05, 0.1) is 11.9 Å². The second-order valence-corrected chi connectivity index (χ2v) is 5.26. The van der Waals surface area contributed by atoms with Crippen molar-refractivity contribution in [2.75, 3.05) is 6.61 Å². The van der Waals surface area contributed by atoms with Crippen LogP contribution in [0.1, 0.15) is 30.7 Å². The van der Waals surface area contributed by atoms with E-state index >= 15 is 0 Å². The molecule has 0 bridgehead atoms. The van der Waals surface area contributed by atoms with Crippen molar-refractivity contribution in [3.8, 4) is 0 Å². The summed E-state index contributed by atoms with van der Waals surface area (Å²) < 4.78 is 5.51.